The number of benzene rings is 2. The molecule has 0 spiro atoms. The lowest BCUT2D eigenvalue weighted by Gasteiger charge is -2.33. The number of carbonyl (C=O) groups is 2. The largest absolute Gasteiger partial charge is 0.464 e. The third kappa shape index (κ3) is 3.48. The minimum absolute atomic E-state index is 0.258. The lowest BCUT2D eigenvalue weighted by Crippen LogP contribution is -2.52. The predicted molar refractivity (Wildman–Crippen MR) is 94.3 cm³/mol. The van der Waals surface area contributed by atoms with E-state index in [-0.39, 0.29) is 12.5 Å². The van der Waals surface area contributed by atoms with E-state index in [0.29, 0.717) is 6.42 Å². The van der Waals surface area contributed by atoms with Crippen LogP contribution >= 0.6 is 0 Å². The zero-order valence-electron chi connectivity index (χ0n) is 14.3. The molecule has 0 heterocycles. The van der Waals surface area contributed by atoms with E-state index < -0.39 is 11.5 Å². The quantitative estimate of drug-likeness (QED) is 0.825. The number of nitrogens with one attached hydrogen (secondary N) is 1. The van der Waals surface area contributed by atoms with Crippen molar-refractivity contribution in [3.05, 3.63) is 60.2 Å². The Balaban J connectivity index is 2.67. The molecule has 0 saturated heterocycles. The Morgan fingerprint density at radius 3 is 2.21 bits per heavy atom. The number of amides is 1. The van der Waals surface area contributed by atoms with E-state index in [1.807, 2.05) is 61.5 Å². The van der Waals surface area contributed by atoms with Crippen LogP contribution in [0.3, 0.4) is 0 Å². The molecule has 2 aromatic rings. The van der Waals surface area contributed by atoms with Gasteiger partial charge in [-0.3, -0.25) is 4.79 Å². The summed E-state index contributed by atoms with van der Waals surface area (Å²) in [7, 11) is 0. The number of hydrogen-bond donors (Lipinski definition) is 1. The first-order valence-corrected chi connectivity index (χ1v) is 8.16. The molecule has 4 heteroatoms. The van der Waals surface area contributed by atoms with Gasteiger partial charge in [0.2, 0.25) is 5.91 Å². The molecule has 0 saturated carbocycles. The second kappa shape index (κ2) is 7.77. The van der Waals surface area contributed by atoms with E-state index in [4.69, 9.17) is 4.74 Å². The molecule has 0 aromatic heterocycles. The standard InChI is InChI=1S/C20H23NO3/c1-4-20(21-15(3)22,19(23)24-5-2)18-14-10-9-13-17(18)16-11-7-6-8-12-16/h6-14H,4-5H2,1-3H3,(H,21,22). The summed E-state index contributed by atoms with van der Waals surface area (Å²) in [5.41, 5.74) is 1.43. The summed E-state index contributed by atoms with van der Waals surface area (Å²) in [5, 5.41) is 2.84. The van der Waals surface area contributed by atoms with Crippen molar-refractivity contribution in [1.82, 2.24) is 5.32 Å². The van der Waals surface area contributed by atoms with Gasteiger partial charge in [0.1, 0.15) is 0 Å². The Morgan fingerprint density at radius 2 is 1.62 bits per heavy atom. The van der Waals surface area contributed by atoms with Crippen molar-refractivity contribution in [2.24, 2.45) is 0 Å². The van der Waals surface area contributed by atoms with Gasteiger partial charge < -0.3 is 10.1 Å². The molecule has 0 aliphatic rings. The van der Waals surface area contributed by atoms with Gasteiger partial charge in [-0.15, -0.1) is 0 Å². The number of esters is 1. The Morgan fingerprint density at radius 1 is 1.00 bits per heavy atom. The maximum atomic E-state index is 12.8. The molecular formula is C20H23NO3. The van der Waals surface area contributed by atoms with Crippen LogP contribution in [-0.2, 0) is 19.9 Å². The zero-order chi connectivity index (χ0) is 17.6. The normalized spacial score (nSPS) is 13.0. The van der Waals surface area contributed by atoms with E-state index in [2.05, 4.69) is 5.32 Å². The molecule has 2 rings (SSSR count). The molecule has 1 N–H and O–H groups in total. The molecule has 1 unspecified atom stereocenters. The third-order valence-corrected chi connectivity index (χ3v) is 4.02. The second-order valence-electron chi connectivity index (χ2n) is 5.57. The van der Waals surface area contributed by atoms with E-state index in [1.54, 1.807) is 6.92 Å². The Labute approximate surface area is 142 Å². The predicted octanol–water partition coefficient (Wildman–Crippen LogP) is 3.66. The fourth-order valence-electron chi connectivity index (χ4n) is 2.93. The summed E-state index contributed by atoms with van der Waals surface area (Å²) in [4.78, 5) is 24.6. The highest BCUT2D eigenvalue weighted by Crippen LogP contribution is 2.35. The molecule has 1 atom stereocenters. The smallest absolute Gasteiger partial charge is 0.336 e. The van der Waals surface area contributed by atoms with Crippen molar-refractivity contribution < 1.29 is 14.3 Å². The third-order valence-electron chi connectivity index (χ3n) is 4.02. The van der Waals surface area contributed by atoms with Crippen LogP contribution in [0, 0.1) is 0 Å². The van der Waals surface area contributed by atoms with Crippen molar-refractivity contribution in [3.8, 4) is 11.1 Å². The van der Waals surface area contributed by atoms with Crippen LogP contribution in [0.1, 0.15) is 32.8 Å². The number of ether oxygens (including phenoxy) is 1. The van der Waals surface area contributed by atoms with Crippen LogP contribution in [0.5, 0.6) is 0 Å². The monoisotopic (exact) mass is 325 g/mol. The molecule has 0 aliphatic carbocycles. The lowest BCUT2D eigenvalue weighted by molar-refractivity contribution is -0.154. The van der Waals surface area contributed by atoms with Gasteiger partial charge in [-0.05, 0) is 30.0 Å². The minimum Gasteiger partial charge on any atom is -0.464 e. The average Bonchev–Trinajstić information content (AvgIpc) is 2.60. The van der Waals surface area contributed by atoms with Crippen LogP contribution in [-0.4, -0.2) is 18.5 Å². The average molecular weight is 325 g/mol. The Bertz CT molecular complexity index is 712. The van der Waals surface area contributed by atoms with Crippen LogP contribution in [0.2, 0.25) is 0 Å². The molecular weight excluding hydrogens is 302 g/mol. The maximum Gasteiger partial charge on any atom is 0.336 e. The highest BCUT2D eigenvalue weighted by atomic mass is 16.5. The number of rotatable bonds is 6. The Kier molecular flexibility index (Phi) is 5.74. The van der Waals surface area contributed by atoms with Crippen molar-refractivity contribution in [2.75, 3.05) is 6.61 Å². The van der Waals surface area contributed by atoms with Gasteiger partial charge >= 0.3 is 5.97 Å². The molecule has 4 nitrogen and oxygen atoms in total. The van der Waals surface area contributed by atoms with E-state index >= 15 is 0 Å². The van der Waals surface area contributed by atoms with Gasteiger partial charge in [0.15, 0.2) is 5.54 Å². The van der Waals surface area contributed by atoms with Crippen LogP contribution in [0.15, 0.2) is 54.6 Å². The summed E-state index contributed by atoms with van der Waals surface area (Å²) in [5.74, 6) is -0.709. The van der Waals surface area contributed by atoms with E-state index in [9.17, 15) is 9.59 Å². The van der Waals surface area contributed by atoms with Crippen molar-refractivity contribution >= 4 is 11.9 Å². The van der Waals surface area contributed by atoms with Gasteiger partial charge in [-0.25, -0.2) is 4.79 Å². The first kappa shape index (κ1) is 17.7. The number of hydrogen-bond acceptors (Lipinski definition) is 3. The molecule has 126 valence electrons. The summed E-state index contributed by atoms with van der Waals surface area (Å²) in [6.07, 6.45) is 0.398. The van der Waals surface area contributed by atoms with Crippen LogP contribution in [0.25, 0.3) is 11.1 Å². The van der Waals surface area contributed by atoms with Crippen LogP contribution in [0.4, 0.5) is 0 Å². The molecule has 0 aliphatic heterocycles. The molecule has 0 radical (unpaired) electrons. The van der Waals surface area contributed by atoms with E-state index in [0.717, 1.165) is 16.7 Å². The zero-order valence-corrected chi connectivity index (χ0v) is 14.3. The number of carbonyl (C=O) groups excluding carboxylic acids is 2. The van der Waals surface area contributed by atoms with Gasteiger partial charge in [-0.1, -0.05) is 61.5 Å². The van der Waals surface area contributed by atoms with Crippen LogP contribution < -0.4 is 5.32 Å². The van der Waals surface area contributed by atoms with Gasteiger partial charge in [-0.2, -0.15) is 0 Å². The van der Waals surface area contributed by atoms with Gasteiger partial charge in [0.25, 0.3) is 0 Å². The van der Waals surface area contributed by atoms with Crippen molar-refractivity contribution in [2.45, 2.75) is 32.7 Å². The fourth-order valence-corrected chi connectivity index (χ4v) is 2.93. The molecule has 24 heavy (non-hydrogen) atoms. The summed E-state index contributed by atoms with van der Waals surface area (Å²) in [6, 6.07) is 17.4. The minimum atomic E-state index is -1.20. The van der Waals surface area contributed by atoms with Gasteiger partial charge in [0, 0.05) is 6.92 Å². The fraction of sp³-hybridized carbons (Fsp3) is 0.300. The van der Waals surface area contributed by atoms with Gasteiger partial charge in [0.05, 0.1) is 6.61 Å². The van der Waals surface area contributed by atoms with Crippen molar-refractivity contribution in [3.63, 3.8) is 0 Å². The maximum absolute atomic E-state index is 12.8. The highest BCUT2D eigenvalue weighted by Gasteiger charge is 2.42. The summed E-state index contributed by atoms with van der Waals surface area (Å²) in [6.45, 7) is 5.30. The first-order valence-electron chi connectivity index (χ1n) is 8.16. The second-order valence-corrected chi connectivity index (χ2v) is 5.57. The highest BCUT2D eigenvalue weighted by molar-refractivity contribution is 5.91. The molecule has 2 aromatic carbocycles. The van der Waals surface area contributed by atoms with Crippen molar-refractivity contribution in [1.29, 1.82) is 0 Å². The molecule has 0 fully saturated rings. The topological polar surface area (TPSA) is 55.4 Å². The van der Waals surface area contributed by atoms with E-state index in [1.165, 1.54) is 6.92 Å². The summed E-state index contributed by atoms with van der Waals surface area (Å²) < 4.78 is 5.29. The Hall–Kier alpha value is -2.62. The lowest BCUT2D eigenvalue weighted by atomic mass is 9.82. The molecule has 0 bridgehead atoms. The first-order chi connectivity index (χ1) is 11.5. The summed E-state index contributed by atoms with van der Waals surface area (Å²) >= 11 is 0. The molecule has 1 amide bonds. The SMILES string of the molecule is CCOC(=O)C(CC)(NC(C)=O)c1ccccc1-c1ccccc1.